The molecular formula is C17H16O3S. The molecule has 0 N–H and O–H groups in total. The molecule has 0 fully saturated rings. The molecule has 0 atom stereocenters. The summed E-state index contributed by atoms with van der Waals surface area (Å²) in [6.45, 7) is 0. The lowest BCUT2D eigenvalue weighted by atomic mass is 10.0. The minimum absolute atomic E-state index is 0.121. The van der Waals surface area contributed by atoms with E-state index in [1.165, 1.54) is 11.8 Å². The first-order valence-corrected chi connectivity index (χ1v) is 7.71. The molecule has 4 heteroatoms. The number of rotatable bonds is 6. The molecule has 2 aromatic carbocycles. The number of Topliss-reactive ketones (excluding diaryl/α,β-unsaturated/α-hetero) is 2. The molecule has 0 aliphatic carbocycles. The van der Waals surface area contributed by atoms with Gasteiger partial charge in [0.05, 0.1) is 13.5 Å². The number of hydrogen-bond donors (Lipinski definition) is 0. The lowest BCUT2D eigenvalue weighted by Gasteiger charge is -2.06. The number of ether oxygens (including phenoxy) is 1. The first kappa shape index (κ1) is 15.3. The Bertz CT molecular complexity index is 647. The van der Waals surface area contributed by atoms with Crippen LogP contribution in [0, 0.1) is 0 Å². The molecule has 3 nitrogen and oxygen atoms in total. The fraction of sp³-hybridized carbons (Fsp3) is 0.176. The SMILES string of the molecule is COc1ccc(C(=O)CC(=O)c2ccccc2SC)cc1. The van der Waals surface area contributed by atoms with Crippen LogP contribution in [0.4, 0.5) is 0 Å². The number of hydrogen-bond acceptors (Lipinski definition) is 4. The van der Waals surface area contributed by atoms with Gasteiger partial charge in [0.15, 0.2) is 11.6 Å². The molecule has 108 valence electrons. The van der Waals surface area contributed by atoms with Crippen LogP contribution in [0.15, 0.2) is 53.4 Å². The van der Waals surface area contributed by atoms with Crippen molar-refractivity contribution in [3.63, 3.8) is 0 Å². The number of benzene rings is 2. The number of carbonyl (C=O) groups is 2. The summed E-state index contributed by atoms with van der Waals surface area (Å²) in [6, 6.07) is 14.1. The Balaban J connectivity index is 2.13. The minimum Gasteiger partial charge on any atom is -0.497 e. The van der Waals surface area contributed by atoms with Crippen molar-refractivity contribution in [3.05, 3.63) is 59.7 Å². The van der Waals surface area contributed by atoms with E-state index in [-0.39, 0.29) is 18.0 Å². The molecule has 0 amide bonds. The Morgan fingerprint density at radius 1 is 1.00 bits per heavy atom. The fourth-order valence-corrected chi connectivity index (χ4v) is 2.61. The van der Waals surface area contributed by atoms with E-state index in [1.54, 1.807) is 37.4 Å². The largest absolute Gasteiger partial charge is 0.497 e. The molecule has 0 aromatic heterocycles. The lowest BCUT2D eigenvalue weighted by molar-refractivity contribution is 0.0892. The van der Waals surface area contributed by atoms with Gasteiger partial charge in [0.1, 0.15) is 5.75 Å². The van der Waals surface area contributed by atoms with E-state index >= 15 is 0 Å². The van der Waals surface area contributed by atoms with Crippen LogP contribution in [0.1, 0.15) is 27.1 Å². The van der Waals surface area contributed by atoms with Crippen LogP contribution in [-0.2, 0) is 0 Å². The maximum atomic E-state index is 12.3. The summed E-state index contributed by atoms with van der Waals surface area (Å²) in [6.07, 6.45) is 1.79. The summed E-state index contributed by atoms with van der Waals surface area (Å²) in [5.74, 6) is 0.352. The van der Waals surface area contributed by atoms with Gasteiger partial charge in [-0.3, -0.25) is 9.59 Å². The van der Waals surface area contributed by atoms with E-state index < -0.39 is 0 Å². The Hall–Kier alpha value is -2.07. The molecule has 0 spiro atoms. The van der Waals surface area contributed by atoms with E-state index in [9.17, 15) is 9.59 Å². The Morgan fingerprint density at radius 2 is 1.67 bits per heavy atom. The minimum atomic E-state index is -0.182. The van der Waals surface area contributed by atoms with Crippen molar-refractivity contribution in [2.45, 2.75) is 11.3 Å². The highest BCUT2D eigenvalue weighted by atomic mass is 32.2. The van der Waals surface area contributed by atoms with E-state index in [0.717, 1.165) is 4.90 Å². The normalized spacial score (nSPS) is 10.2. The molecule has 2 aromatic rings. The third-order valence-electron chi connectivity index (χ3n) is 3.14. The van der Waals surface area contributed by atoms with Crippen molar-refractivity contribution >= 4 is 23.3 Å². The number of ketones is 2. The second-order valence-electron chi connectivity index (χ2n) is 4.45. The molecule has 0 unspecified atom stereocenters. The van der Waals surface area contributed by atoms with Crippen molar-refractivity contribution in [3.8, 4) is 5.75 Å². The zero-order valence-electron chi connectivity index (χ0n) is 12.0. The van der Waals surface area contributed by atoms with Gasteiger partial charge in [0, 0.05) is 16.0 Å². The van der Waals surface area contributed by atoms with Crippen molar-refractivity contribution in [2.24, 2.45) is 0 Å². The molecule has 0 saturated carbocycles. The van der Waals surface area contributed by atoms with Gasteiger partial charge in [0.2, 0.25) is 0 Å². The number of thioether (sulfide) groups is 1. The number of carbonyl (C=O) groups excluding carboxylic acids is 2. The van der Waals surface area contributed by atoms with Gasteiger partial charge in [-0.05, 0) is 36.6 Å². The van der Waals surface area contributed by atoms with Gasteiger partial charge in [-0.1, -0.05) is 18.2 Å². The summed E-state index contributed by atoms with van der Waals surface area (Å²) in [5, 5.41) is 0. The standard InChI is InChI=1S/C17H16O3S/c1-20-13-9-7-12(8-10-13)15(18)11-16(19)14-5-3-4-6-17(14)21-2/h3-10H,11H2,1-2H3. The maximum Gasteiger partial charge on any atom is 0.171 e. The summed E-state index contributed by atoms with van der Waals surface area (Å²) in [4.78, 5) is 25.3. The van der Waals surface area contributed by atoms with Gasteiger partial charge in [0.25, 0.3) is 0 Å². The lowest BCUT2D eigenvalue weighted by Crippen LogP contribution is -2.09. The van der Waals surface area contributed by atoms with E-state index in [1.807, 2.05) is 24.5 Å². The molecule has 0 aliphatic heterocycles. The van der Waals surface area contributed by atoms with E-state index in [0.29, 0.717) is 16.9 Å². The van der Waals surface area contributed by atoms with Gasteiger partial charge in [-0.15, -0.1) is 11.8 Å². The summed E-state index contributed by atoms with van der Waals surface area (Å²) in [7, 11) is 1.57. The van der Waals surface area contributed by atoms with Gasteiger partial charge in [-0.25, -0.2) is 0 Å². The first-order chi connectivity index (χ1) is 10.2. The second-order valence-corrected chi connectivity index (χ2v) is 5.30. The second kappa shape index (κ2) is 7.09. The molecule has 21 heavy (non-hydrogen) atoms. The van der Waals surface area contributed by atoms with Gasteiger partial charge in [-0.2, -0.15) is 0 Å². The highest BCUT2D eigenvalue weighted by molar-refractivity contribution is 7.98. The molecule has 0 radical (unpaired) electrons. The van der Waals surface area contributed by atoms with Crippen molar-refractivity contribution in [1.29, 1.82) is 0 Å². The summed E-state index contributed by atoms with van der Waals surface area (Å²) >= 11 is 1.50. The van der Waals surface area contributed by atoms with Crippen LogP contribution in [0.2, 0.25) is 0 Å². The quantitative estimate of drug-likeness (QED) is 0.461. The van der Waals surface area contributed by atoms with Gasteiger partial charge < -0.3 is 4.74 Å². The predicted octanol–water partition coefficient (Wildman–Crippen LogP) is 3.87. The first-order valence-electron chi connectivity index (χ1n) is 6.49. The van der Waals surface area contributed by atoms with E-state index in [4.69, 9.17) is 4.74 Å². The molecule has 0 aliphatic rings. The zero-order chi connectivity index (χ0) is 15.2. The van der Waals surface area contributed by atoms with Crippen LogP contribution in [-0.4, -0.2) is 24.9 Å². The van der Waals surface area contributed by atoms with Crippen molar-refractivity contribution in [2.75, 3.05) is 13.4 Å². The van der Waals surface area contributed by atoms with Crippen LogP contribution < -0.4 is 4.74 Å². The molecule has 2 rings (SSSR count). The van der Waals surface area contributed by atoms with Gasteiger partial charge >= 0.3 is 0 Å². The van der Waals surface area contributed by atoms with Crippen LogP contribution >= 0.6 is 11.8 Å². The molecule has 0 saturated heterocycles. The average Bonchev–Trinajstić information content (AvgIpc) is 2.54. The molecule has 0 bridgehead atoms. The Morgan fingerprint density at radius 3 is 2.29 bits per heavy atom. The smallest absolute Gasteiger partial charge is 0.171 e. The predicted molar refractivity (Wildman–Crippen MR) is 84.5 cm³/mol. The monoisotopic (exact) mass is 300 g/mol. The maximum absolute atomic E-state index is 12.3. The third kappa shape index (κ3) is 3.73. The van der Waals surface area contributed by atoms with Crippen LogP contribution in [0.25, 0.3) is 0 Å². The Labute approximate surface area is 128 Å². The van der Waals surface area contributed by atoms with E-state index in [2.05, 4.69) is 0 Å². The highest BCUT2D eigenvalue weighted by Gasteiger charge is 2.16. The Kier molecular flexibility index (Phi) is 5.17. The summed E-state index contributed by atoms with van der Waals surface area (Å²) < 4.78 is 5.05. The van der Waals surface area contributed by atoms with Crippen molar-refractivity contribution < 1.29 is 14.3 Å². The topological polar surface area (TPSA) is 43.4 Å². The summed E-state index contributed by atoms with van der Waals surface area (Å²) in [5.41, 5.74) is 1.12. The molecular weight excluding hydrogens is 284 g/mol. The fourth-order valence-electron chi connectivity index (χ4n) is 2.00. The third-order valence-corrected chi connectivity index (χ3v) is 3.94. The molecule has 0 heterocycles. The number of methoxy groups -OCH3 is 1. The van der Waals surface area contributed by atoms with Crippen LogP contribution in [0.3, 0.4) is 0 Å². The zero-order valence-corrected chi connectivity index (χ0v) is 12.8. The van der Waals surface area contributed by atoms with Crippen molar-refractivity contribution in [1.82, 2.24) is 0 Å². The average molecular weight is 300 g/mol. The van der Waals surface area contributed by atoms with Crippen LogP contribution in [0.5, 0.6) is 5.75 Å². The highest BCUT2D eigenvalue weighted by Crippen LogP contribution is 2.22.